The summed E-state index contributed by atoms with van der Waals surface area (Å²) >= 11 is 0. The zero-order valence-corrected chi connectivity index (χ0v) is 14.0. The van der Waals surface area contributed by atoms with Gasteiger partial charge in [0, 0.05) is 38.2 Å². The Bertz CT molecular complexity index is 725. The Kier molecular flexibility index (Phi) is 5.80. The molecule has 0 saturated carbocycles. The Balaban J connectivity index is 1.71. The summed E-state index contributed by atoms with van der Waals surface area (Å²) in [6, 6.07) is 10.6. The Hall–Kier alpha value is -2.66. The van der Waals surface area contributed by atoms with Crippen molar-refractivity contribution in [2.75, 3.05) is 13.2 Å². The minimum Gasteiger partial charge on any atom is -0.508 e. The topological polar surface area (TPSA) is 62.7 Å². The monoisotopic (exact) mass is 338 g/mol. The van der Waals surface area contributed by atoms with Crippen LogP contribution in [0.1, 0.15) is 24.0 Å². The highest BCUT2D eigenvalue weighted by atomic mass is 16.5. The van der Waals surface area contributed by atoms with Crippen molar-refractivity contribution in [3.8, 4) is 5.75 Å². The van der Waals surface area contributed by atoms with Gasteiger partial charge >= 0.3 is 0 Å². The molecule has 130 valence electrons. The van der Waals surface area contributed by atoms with E-state index in [1.807, 2.05) is 18.2 Å². The average Bonchev–Trinajstić information content (AvgIpc) is 3.13. The van der Waals surface area contributed by atoms with Crippen molar-refractivity contribution in [1.82, 2.24) is 9.88 Å². The van der Waals surface area contributed by atoms with Gasteiger partial charge in [0.25, 0.3) is 0 Å². The quantitative estimate of drug-likeness (QED) is 0.823. The van der Waals surface area contributed by atoms with Gasteiger partial charge < -0.3 is 14.7 Å². The fourth-order valence-corrected chi connectivity index (χ4v) is 2.88. The molecule has 0 aliphatic carbocycles. The smallest absolute Gasteiger partial charge is 0.246 e. The Morgan fingerprint density at radius 1 is 1.36 bits per heavy atom. The van der Waals surface area contributed by atoms with Crippen molar-refractivity contribution in [3.05, 3.63) is 66.0 Å². The predicted molar refractivity (Wildman–Crippen MR) is 95.8 cm³/mol. The van der Waals surface area contributed by atoms with Gasteiger partial charge in [0.2, 0.25) is 5.91 Å². The first-order valence-electron chi connectivity index (χ1n) is 8.47. The highest BCUT2D eigenvalue weighted by Crippen LogP contribution is 2.16. The molecule has 1 aromatic heterocycles. The fraction of sp³-hybridized carbons (Fsp3) is 0.300. The lowest BCUT2D eigenvalue weighted by atomic mass is 10.1. The normalized spacial score (nSPS) is 17.0. The van der Waals surface area contributed by atoms with Crippen LogP contribution < -0.4 is 0 Å². The molecule has 1 fully saturated rings. The highest BCUT2D eigenvalue weighted by molar-refractivity contribution is 5.91. The summed E-state index contributed by atoms with van der Waals surface area (Å²) in [6.45, 7) is 1.83. The standard InChI is InChI=1S/C20H22N2O3/c23-18-6-1-4-16(12-18)8-9-20(24)22(15-19-7-3-11-25-19)14-17-5-2-10-21-13-17/h1-2,4-6,8-10,12-13,19,23H,3,7,11,14-15H2/b9-8+. The molecule has 1 atom stereocenters. The molecule has 1 N–H and O–H groups in total. The van der Waals surface area contributed by atoms with Gasteiger partial charge in [-0.15, -0.1) is 0 Å². The van der Waals surface area contributed by atoms with Crippen LogP contribution in [0, 0.1) is 0 Å². The third-order valence-corrected chi connectivity index (χ3v) is 4.14. The van der Waals surface area contributed by atoms with E-state index in [4.69, 9.17) is 4.74 Å². The van der Waals surface area contributed by atoms with E-state index in [1.165, 1.54) is 0 Å². The number of aromatic nitrogens is 1. The summed E-state index contributed by atoms with van der Waals surface area (Å²) < 4.78 is 5.68. The molecule has 0 radical (unpaired) electrons. The minimum atomic E-state index is -0.0808. The number of hydrogen-bond acceptors (Lipinski definition) is 4. The molecular weight excluding hydrogens is 316 g/mol. The molecule has 1 aliphatic heterocycles. The maximum Gasteiger partial charge on any atom is 0.246 e. The van der Waals surface area contributed by atoms with Crippen LogP contribution in [0.2, 0.25) is 0 Å². The Morgan fingerprint density at radius 3 is 3.00 bits per heavy atom. The van der Waals surface area contributed by atoms with E-state index in [1.54, 1.807) is 47.6 Å². The Morgan fingerprint density at radius 2 is 2.28 bits per heavy atom. The van der Waals surface area contributed by atoms with E-state index in [0.717, 1.165) is 30.6 Å². The second-order valence-corrected chi connectivity index (χ2v) is 6.14. The SMILES string of the molecule is O=C(/C=C/c1cccc(O)c1)N(Cc1cccnc1)CC1CCCO1. The third-order valence-electron chi connectivity index (χ3n) is 4.14. The van der Waals surface area contributed by atoms with Crippen molar-refractivity contribution in [1.29, 1.82) is 0 Å². The van der Waals surface area contributed by atoms with Crippen LogP contribution in [-0.2, 0) is 16.1 Å². The molecule has 2 heterocycles. The molecule has 25 heavy (non-hydrogen) atoms. The summed E-state index contributed by atoms with van der Waals surface area (Å²) in [4.78, 5) is 18.6. The van der Waals surface area contributed by atoms with Crippen molar-refractivity contribution in [2.24, 2.45) is 0 Å². The maximum atomic E-state index is 12.7. The van der Waals surface area contributed by atoms with E-state index < -0.39 is 0 Å². The zero-order chi connectivity index (χ0) is 17.5. The highest BCUT2D eigenvalue weighted by Gasteiger charge is 2.21. The Labute approximate surface area is 147 Å². The summed E-state index contributed by atoms with van der Waals surface area (Å²) in [7, 11) is 0. The number of pyridine rings is 1. The number of nitrogens with zero attached hydrogens (tertiary/aromatic N) is 2. The number of ether oxygens (including phenoxy) is 1. The average molecular weight is 338 g/mol. The molecule has 3 rings (SSSR count). The van der Waals surface area contributed by atoms with E-state index in [9.17, 15) is 9.90 Å². The number of carbonyl (C=O) groups excluding carboxylic acids is 1. The molecule has 1 saturated heterocycles. The molecule has 5 nitrogen and oxygen atoms in total. The molecule has 0 spiro atoms. The number of phenolic OH excluding ortho intramolecular Hbond substituents is 1. The third kappa shape index (κ3) is 5.16. The van der Waals surface area contributed by atoms with Crippen molar-refractivity contribution in [3.63, 3.8) is 0 Å². The first kappa shape index (κ1) is 17.2. The number of amides is 1. The summed E-state index contributed by atoms with van der Waals surface area (Å²) in [5.74, 6) is 0.101. The largest absolute Gasteiger partial charge is 0.508 e. The van der Waals surface area contributed by atoms with E-state index >= 15 is 0 Å². The van der Waals surface area contributed by atoms with Gasteiger partial charge in [-0.1, -0.05) is 18.2 Å². The van der Waals surface area contributed by atoms with Crippen LogP contribution in [0.25, 0.3) is 6.08 Å². The number of carbonyl (C=O) groups is 1. The van der Waals surface area contributed by atoms with Crippen molar-refractivity contribution in [2.45, 2.75) is 25.5 Å². The molecule has 5 heteroatoms. The van der Waals surface area contributed by atoms with E-state index in [-0.39, 0.29) is 17.8 Å². The van der Waals surface area contributed by atoms with Gasteiger partial charge in [0.05, 0.1) is 6.10 Å². The molecule has 1 unspecified atom stereocenters. The lowest BCUT2D eigenvalue weighted by Crippen LogP contribution is -2.35. The summed E-state index contributed by atoms with van der Waals surface area (Å²) in [6.07, 6.45) is 8.86. The van der Waals surface area contributed by atoms with Gasteiger partial charge in [-0.25, -0.2) is 0 Å². The van der Waals surface area contributed by atoms with E-state index in [2.05, 4.69) is 4.98 Å². The lowest BCUT2D eigenvalue weighted by Gasteiger charge is -2.24. The molecule has 0 bridgehead atoms. The second kappa shape index (κ2) is 8.44. The van der Waals surface area contributed by atoms with Crippen LogP contribution in [0.3, 0.4) is 0 Å². The lowest BCUT2D eigenvalue weighted by molar-refractivity contribution is -0.128. The van der Waals surface area contributed by atoms with Crippen LogP contribution in [-0.4, -0.2) is 40.2 Å². The maximum absolute atomic E-state index is 12.7. The second-order valence-electron chi connectivity index (χ2n) is 6.14. The number of rotatable bonds is 6. The molecule has 1 amide bonds. The van der Waals surface area contributed by atoms with Gasteiger partial charge in [-0.05, 0) is 48.2 Å². The van der Waals surface area contributed by atoms with Crippen LogP contribution in [0.5, 0.6) is 5.75 Å². The van der Waals surface area contributed by atoms with Gasteiger partial charge in [-0.2, -0.15) is 0 Å². The van der Waals surface area contributed by atoms with E-state index in [0.29, 0.717) is 13.1 Å². The van der Waals surface area contributed by atoms with Crippen LogP contribution in [0.15, 0.2) is 54.9 Å². The number of phenols is 1. The molecular formula is C20H22N2O3. The summed E-state index contributed by atoms with van der Waals surface area (Å²) in [5.41, 5.74) is 1.77. The molecule has 1 aromatic carbocycles. The van der Waals surface area contributed by atoms with Gasteiger partial charge in [-0.3, -0.25) is 9.78 Å². The summed E-state index contributed by atoms with van der Waals surface area (Å²) in [5, 5.41) is 9.52. The number of aromatic hydroxyl groups is 1. The predicted octanol–water partition coefficient (Wildman–Crippen LogP) is 3.01. The van der Waals surface area contributed by atoms with Gasteiger partial charge in [0.15, 0.2) is 0 Å². The van der Waals surface area contributed by atoms with Crippen LogP contribution in [0.4, 0.5) is 0 Å². The molecule has 1 aliphatic rings. The zero-order valence-electron chi connectivity index (χ0n) is 14.0. The van der Waals surface area contributed by atoms with Crippen molar-refractivity contribution < 1.29 is 14.6 Å². The van der Waals surface area contributed by atoms with Gasteiger partial charge in [0.1, 0.15) is 5.75 Å². The first-order valence-corrected chi connectivity index (χ1v) is 8.47. The number of benzene rings is 1. The minimum absolute atomic E-state index is 0.0808. The van der Waals surface area contributed by atoms with Crippen LogP contribution >= 0.6 is 0 Å². The number of hydrogen-bond donors (Lipinski definition) is 1. The van der Waals surface area contributed by atoms with Crippen molar-refractivity contribution >= 4 is 12.0 Å². The first-order chi connectivity index (χ1) is 12.2. The fourth-order valence-electron chi connectivity index (χ4n) is 2.88. The molecule has 2 aromatic rings.